The molecule has 1 amide bonds. The van der Waals surface area contributed by atoms with Crippen LogP contribution in [0.4, 0.5) is 11.5 Å². The van der Waals surface area contributed by atoms with Crippen LogP contribution in [0.3, 0.4) is 0 Å². The van der Waals surface area contributed by atoms with E-state index in [1.807, 2.05) is 36.6 Å². The summed E-state index contributed by atoms with van der Waals surface area (Å²) >= 11 is 0. The van der Waals surface area contributed by atoms with Gasteiger partial charge < -0.3 is 19.9 Å². The number of benzene rings is 1. The van der Waals surface area contributed by atoms with Crippen molar-refractivity contribution in [1.82, 2.24) is 29.7 Å². The van der Waals surface area contributed by atoms with E-state index in [9.17, 15) is 4.79 Å². The Hall–Kier alpha value is -3.59. The molecular weight excluding hydrogens is 404 g/mol. The molecule has 1 saturated heterocycles. The Morgan fingerprint density at radius 3 is 2.50 bits per heavy atom. The maximum atomic E-state index is 13.2. The lowest BCUT2D eigenvalue weighted by Gasteiger charge is -2.38. The molecule has 3 aromatic heterocycles. The number of carbonyl (C=O) groups excluding carboxylic acids is 1. The van der Waals surface area contributed by atoms with Gasteiger partial charge in [-0.25, -0.2) is 9.97 Å². The number of aromatic nitrogens is 5. The molecule has 0 spiro atoms. The number of hydrogen-bond donors (Lipinski definition) is 2. The summed E-state index contributed by atoms with van der Waals surface area (Å²) in [4.78, 5) is 33.6. The van der Waals surface area contributed by atoms with E-state index in [4.69, 9.17) is 0 Å². The van der Waals surface area contributed by atoms with E-state index in [-0.39, 0.29) is 5.91 Å². The van der Waals surface area contributed by atoms with Crippen LogP contribution in [0.25, 0.3) is 16.7 Å². The average Bonchev–Trinajstić information content (AvgIpc) is 3.13. The third-order valence-electron chi connectivity index (χ3n) is 5.71. The molecule has 1 aliphatic heterocycles. The minimum Gasteiger partial charge on any atom is -0.367 e. The van der Waals surface area contributed by atoms with Crippen molar-refractivity contribution in [3.8, 4) is 0 Å². The number of piperazine rings is 1. The molecule has 1 fully saturated rings. The van der Waals surface area contributed by atoms with Crippen molar-refractivity contribution in [2.45, 2.75) is 39.8 Å². The van der Waals surface area contributed by atoms with Crippen LogP contribution in [0.1, 0.15) is 35.6 Å². The number of imidazole rings is 1. The molecule has 0 aliphatic carbocycles. The van der Waals surface area contributed by atoms with Crippen molar-refractivity contribution in [3.63, 3.8) is 0 Å². The zero-order valence-electron chi connectivity index (χ0n) is 18.6. The standard InChI is InChI=1S/C23H26N8O/c1-13-9-30(10-14(2)26-13)18-6-5-17(20-21(18)25-8-7-24-20)23(32)29-19-12-31-11-15(3)27-22(31)16(4)28-19/h5-8,11-14,26H,9-10H2,1-4H3,(H,29,32)/t13-,14-/m1/s1. The van der Waals surface area contributed by atoms with Gasteiger partial charge >= 0.3 is 0 Å². The predicted molar refractivity (Wildman–Crippen MR) is 124 cm³/mol. The molecule has 164 valence electrons. The van der Waals surface area contributed by atoms with Crippen molar-refractivity contribution in [3.05, 3.63) is 53.9 Å². The van der Waals surface area contributed by atoms with Crippen LogP contribution in [-0.2, 0) is 0 Å². The highest BCUT2D eigenvalue weighted by molar-refractivity contribution is 6.12. The minimum atomic E-state index is -0.271. The molecule has 9 nitrogen and oxygen atoms in total. The maximum Gasteiger partial charge on any atom is 0.259 e. The van der Waals surface area contributed by atoms with Crippen LogP contribution in [0.2, 0.25) is 0 Å². The summed E-state index contributed by atoms with van der Waals surface area (Å²) in [5, 5.41) is 6.46. The van der Waals surface area contributed by atoms with Crippen LogP contribution in [0, 0.1) is 13.8 Å². The lowest BCUT2D eigenvalue weighted by molar-refractivity contribution is 0.102. The van der Waals surface area contributed by atoms with E-state index in [1.54, 1.807) is 18.6 Å². The van der Waals surface area contributed by atoms with Gasteiger partial charge in [0.2, 0.25) is 0 Å². The second kappa shape index (κ2) is 7.83. The van der Waals surface area contributed by atoms with E-state index < -0.39 is 0 Å². The topological polar surface area (TPSA) is 100 Å². The van der Waals surface area contributed by atoms with Gasteiger partial charge in [0, 0.05) is 43.8 Å². The Morgan fingerprint density at radius 2 is 1.75 bits per heavy atom. The lowest BCUT2D eigenvalue weighted by Crippen LogP contribution is -2.54. The summed E-state index contributed by atoms with van der Waals surface area (Å²) in [6.07, 6.45) is 6.97. The summed E-state index contributed by atoms with van der Waals surface area (Å²) < 4.78 is 1.88. The molecule has 0 radical (unpaired) electrons. The number of carbonyl (C=O) groups is 1. The fraction of sp³-hybridized carbons (Fsp3) is 0.348. The molecule has 0 bridgehead atoms. The Bertz CT molecular complexity index is 1320. The molecule has 9 heteroatoms. The number of nitrogens with zero attached hydrogens (tertiary/aromatic N) is 6. The number of anilines is 2. The van der Waals surface area contributed by atoms with Crippen LogP contribution >= 0.6 is 0 Å². The summed E-state index contributed by atoms with van der Waals surface area (Å²) in [7, 11) is 0. The number of aryl methyl sites for hydroxylation is 2. The average molecular weight is 431 g/mol. The van der Waals surface area contributed by atoms with Gasteiger partial charge in [0.1, 0.15) is 16.9 Å². The molecule has 0 unspecified atom stereocenters. The summed E-state index contributed by atoms with van der Waals surface area (Å²) in [6.45, 7) is 9.89. The van der Waals surface area contributed by atoms with Gasteiger partial charge in [0.15, 0.2) is 5.65 Å². The van der Waals surface area contributed by atoms with Crippen LogP contribution < -0.4 is 15.5 Å². The molecule has 32 heavy (non-hydrogen) atoms. The Balaban J connectivity index is 1.50. The second-order valence-electron chi connectivity index (χ2n) is 8.54. The zero-order valence-corrected chi connectivity index (χ0v) is 18.6. The maximum absolute atomic E-state index is 13.2. The molecule has 0 saturated carbocycles. The molecule has 5 rings (SSSR count). The van der Waals surface area contributed by atoms with Gasteiger partial charge in [-0.1, -0.05) is 0 Å². The third-order valence-corrected chi connectivity index (χ3v) is 5.71. The number of nitrogens with one attached hydrogen (secondary N) is 2. The molecule has 4 aromatic rings. The quantitative estimate of drug-likeness (QED) is 0.515. The fourth-order valence-electron chi connectivity index (χ4n) is 4.52. The van der Waals surface area contributed by atoms with Gasteiger partial charge in [0.05, 0.1) is 28.8 Å². The molecule has 4 heterocycles. The molecular formula is C23H26N8O. The largest absolute Gasteiger partial charge is 0.367 e. The predicted octanol–water partition coefficient (Wildman–Crippen LogP) is 2.73. The highest BCUT2D eigenvalue weighted by atomic mass is 16.1. The Labute approximate surface area is 185 Å². The monoisotopic (exact) mass is 430 g/mol. The van der Waals surface area contributed by atoms with Crippen LogP contribution in [0.15, 0.2) is 36.9 Å². The van der Waals surface area contributed by atoms with Crippen molar-refractivity contribution in [2.75, 3.05) is 23.3 Å². The van der Waals surface area contributed by atoms with Gasteiger partial charge in [-0.05, 0) is 39.8 Å². The zero-order chi connectivity index (χ0) is 22.4. The smallest absolute Gasteiger partial charge is 0.259 e. The first-order valence-corrected chi connectivity index (χ1v) is 10.8. The van der Waals surface area contributed by atoms with E-state index in [1.165, 1.54) is 0 Å². The van der Waals surface area contributed by atoms with Crippen LogP contribution in [-0.4, -0.2) is 55.4 Å². The van der Waals surface area contributed by atoms with E-state index >= 15 is 0 Å². The lowest BCUT2D eigenvalue weighted by atomic mass is 10.1. The highest BCUT2D eigenvalue weighted by Crippen LogP contribution is 2.28. The van der Waals surface area contributed by atoms with E-state index in [0.717, 1.165) is 41.3 Å². The first kappa shape index (κ1) is 20.3. The summed E-state index contributed by atoms with van der Waals surface area (Å²) in [5.41, 5.74) is 5.19. The van der Waals surface area contributed by atoms with Gasteiger partial charge in [-0.15, -0.1) is 0 Å². The minimum absolute atomic E-state index is 0.271. The van der Waals surface area contributed by atoms with E-state index in [2.05, 4.69) is 49.3 Å². The summed E-state index contributed by atoms with van der Waals surface area (Å²) in [5.74, 6) is 0.190. The first-order valence-electron chi connectivity index (χ1n) is 10.8. The SMILES string of the molecule is Cc1cn2cc(NC(=O)c3ccc(N4C[C@@H](C)N[C@H](C)C4)c4nccnc34)nc(C)c2n1. The van der Waals surface area contributed by atoms with Crippen molar-refractivity contribution in [2.24, 2.45) is 0 Å². The highest BCUT2D eigenvalue weighted by Gasteiger charge is 2.24. The van der Waals surface area contributed by atoms with Crippen molar-refractivity contribution >= 4 is 34.1 Å². The fourth-order valence-corrected chi connectivity index (χ4v) is 4.52. The Morgan fingerprint density at radius 1 is 1.03 bits per heavy atom. The van der Waals surface area contributed by atoms with Gasteiger partial charge in [0.25, 0.3) is 5.91 Å². The third kappa shape index (κ3) is 3.64. The van der Waals surface area contributed by atoms with Crippen molar-refractivity contribution in [1.29, 1.82) is 0 Å². The van der Waals surface area contributed by atoms with Gasteiger partial charge in [-0.2, -0.15) is 0 Å². The Kier molecular flexibility index (Phi) is 4.97. The molecule has 1 aromatic carbocycles. The number of fused-ring (bicyclic) bond motifs is 2. The number of rotatable bonds is 3. The van der Waals surface area contributed by atoms with Crippen molar-refractivity contribution < 1.29 is 4.79 Å². The summed E-state index contributed by atoms with van der Waals surface area (Å²) in [6, 6.07) is 4.53. The van der Waals surface area contributed by atoms with Gasteiger partial charge in [-0.3, -0.25) is 14.8 Å². The molecule has 2 N–H and O–H groups in total. The number of hydrogen-bond acceptors (Lipinski definition) is 7. The number of amides is 1. The second-order valence-corrected chi connectivity index (χ2v) is 8.54. The molecule has 2 atom stereocenters. The normalized spacial score (nSPS) is 18.9. The van der Waals surface area contributed by atoms with E-state index in [0.29, 0.717) is 29.0 Å². The van der Waals surface area contributed by atoms with Crippen LogP contribution in [0.5, 0.6) is 0 Å². The molecule has 1 aliphatic rings. The first-order chi connectivity index (χ1) is 15.4.